The highest BCUT2D eigenvalue weighted by molar-refractivity contribution is 7.80. The molecule has 1 amide bonds. The first-order valence-corrected chi connectivity index (χ1v) is 9.83. The maximum absolute atomic E-state index is 12.5. The Hall–Kier alpha value is -2.35. The second kappa shape index (κ2) is 9.73. The molecule has 148 valence electrons. The van der Waals surface area contributed by atoms with Gasteiger partial charge in [0.15, 0.2) is 5.11 Å². The van der Waals surface area contributed by atoms with Crippen molar-refractivity contribution in [3.8, 4) is 5.75 Å². The number of anilines is 2. The molecule has 0 unspecified atom stereocenters. The minimum absolute atomic E-state index is 0.218. The van der Waals surface area contributed by atoms with Gasteiger partial charge in [-0.15, -0.1) is 0 Å². The summed E-state index contributed by atoms with van der Waals surface area (Å²) in [5.41, 5.74) is 2.25. The lowest BCUT2D eigenvalue weighted by atomic mass is 10.2. The zero-order chi connectivity index (χ0) is 19.9. The van der Waals surface area contributed by atoms with E-state index in [4.69, 9.17) is 33.3 Å². The van der Waals surface area contributed by atoms with E-state index in [9.17, 15) is 4.79 Å². The van der Waals surface area contributed by atoms with E-state index in [0.29, 0.717) is 36.2 Å². The van der Waals surface area contributed by atoms with E-state index in [-0.39, 0.29) is 11.0 Å². The van der Waals surface area contributed by atoms with Gasteiger partial charge in [0.25, 0.3) is 5.91 Å². The number of amides is 1. The Balaban J connectivity index is 1.66. The van der Waals surface area contributed by atoms with E-state index in [0.717, 1.165) is 24.5 Å². The van der Waals surface area contributed by atoms with Crippen LogP contribution in [0, 0.1) is 0 Å². The molecule has 1 aliphatic rings. The van der Waals surface area contributed by atoms with Crippen molar-refractivity contribution in [2.75, 3.05) is 43.1 Å². The number of hydrogen-bond donors (Lipinski definition) is 2. The SMILES string of the molecule is CCOc1ccc(C(=O)NC(=S)Nc2ccccc2N2CCOCC2)cc1Cl. The summed E-state index contributed by atoms with van der Waals surface area (Å²) in [6.45, 7) is 5.37. The highest BCUT2D eigenvalue weighted by atomic mass is 35.5. The van der Waals surface area contributed by atoms with Crippen molar-refractivity contribution < 1.29 is 14.3 Å². The quantitative estimate of drug-likeness (QED) is 0.720. The summed E-state index contributed by atoms with van der Waals surface area (Å²) in [5.74, 6) is 0.201. The molecule has 8 heteroatoms. The molecule has 1 aliphatic heterocycles. The molecule has 0 aromatic heterocycles. The number of hydrogen-bond acceptors (Lipinski definition) is 5. The minimum atomic E-state index is -0.341. The summed E-state index contributed by atoms with van der Waals surface area (Å²) in [4.78, 5) is 14.7. The van der Waals surface area contributed by atoms with Gasteiger partial charge in [-0.05, 0) is 49.5 Å². The first-order chi connectivity index (χ1) is 13.6. The highest BCUT2D eigenvalue weighted by Crippen LogP contribution is 2.27. The molecule has 0 atom stereocenters. The van der Waals surface area contributed by atoms with Crippen molar-refractivity contribution in [1.29, 1.82) is 0 Å². The Kier molecular flexibility index (Phi) is 7.08. The van der Waals surface area contributed by atoms with Crippen LogP contribution >= 0.6 is 23.8 Å². The van der Waals surface area contributed by atoms with Crippen LogP contribution in [-0.2, 0) is 4.74 Å². The van der Waals surface area contributed by atoms with Gasteiger partial charge < -0.3 is 19.7 Å². The molecule has 2 aromatic rings. The highest BCUT2D eigenvalue weighted by Gasteiger charge is 2.16. The number of benzene rings is 2. The molecule has 28 heavy (non-hydrogen) atoms. The van der Waals surface area contributed by atoms with E-state index < -0.39 is 0 Å². The van der Waals surface area contributed by atoms with Gasteiger partial charge in [0.1, 0.15) is 5.75 Å². The predicted octanol–water partition coefficient (Wildman–Crippen LogP) is 3.70. The van der Waals surface area contributed by atoms with Crippen LogP contribution in [0.25, 0.3) is 0 Å². The monoisotopic (exact) mass is 419 g/mol. The average Bonchev–Trinajstić information content (AvgIpc) is 2.70. The number of nitrogens with zero attached hydrogens (tertiary/aromatic N) is 1. The molecule has 2 N–H and O–H groups in total. The fourth-order valence-corrected chi connectivity index (χ4v) is 3.34. The first kappa shape index (κ1) is 20.4. The molecular formula is C20H22ClN3O3S. The third kappa shape index (κ3) is 5.13. The predicted molar refractivity (Wildman–Crippen MR) is 116 cm³/mol. The van der Waals surface area contributed by atoms with E-state index >= 15 is 0 Å². The molecular weight excluding hydrogens is 398 g/mol. The third-order valence-electron chi connectivity index (χ3n) is 4.22. The van der Waals surface area contributed by atoms with Gasteiger partial charge in [-0.25, -0.2) is 0 Å². The van der Waals surface area contributed by atoms with Crippen LogP contribution in [0.5, 0.6) is 5.75 Å². The largest absolute Gasteiger partial charge is 0.492 e. The lowest BCUT2D eigenvalue weighted by Crippen LogP contribution is -2.38. The second-order valence-corrected chi connectivity index (χ2v) is 6.92. The van der Waals surface area contributed by atoms with Crippen LogP contribution in [-0.4, -0.2) is 43.9 Å². The summed E-state index contributed by atoms with van der Waals surface area (Å²) in [7, 11) is 0. The van der Waals surface area contributed by atoms with Crippen LogP contribution < -0.4 is 20.3 Å². The van der Waals surface area contributed by atoms with E-state index in [1.807, 2.05) is 31.2 Å². The van der Waals surface area contributed by atoms with Crippen LogP contribution in [0.2, 0.25) is 5.02 Å². The average molecular weight is 420 g/mol. The van der Waals surface area contributed by atoms with Crippen molar-refractivity contribution in [2.45, 2.75) is 6.92 Å². The maximum Gasteiger partial charge on any atom is 0.257 e. The number of rotatable bonds is 5. The van der Waals surface area contributed by atoms with E-state index in [2.05, 4.69) is 15.5 Å². The molecule has 1 saturated heterocycles. The normalized spacial score (nSPS) is 13.7. The lowest BCUT2D eigenvalue weighted by Gasteiger charge is -2.30. The number of halogens is 1. The number of carbonyl (C=O) groups excluding carboxylic acids is 1. The van der Waals surface area contributed by atoms with Crippen LogP contribution in [0.3, 0.4) is 0 Å². The van der Waals surface area contributed by atoms with E-state index in [1.54, 1.807) is 18.2 Å². The first-order valence-electron chi connectivity index (χ1n) is 9.05. The van der Waals surface area contributed by atoms with Crippen LogP contribution in [0.4, 0.5) is 11.4 Å². The van der Waals surface area contributed by atoms with E-state index in [1.165, 1.54) is 0 Å². The zero-order valence-electron chi connectivity index (χ0n) is 15.5. The number of carbonyl (C=O) groups is 1. The van der Waals surface area contributed by atoms with Gasteiger partial charge in [0.05, 0.1) is 36.2 Å². The van der Waals surface area contributed by atoms with Gasteiger partial charge in [-0.1, -0.05) is 23.7 Å². The Morgan fingerprint density at radius 1 is 1.25 bits per heavy atom. The van der Waals surface area contributed by atoms with Crippen molar-refractivity contribution in [3.05, 3.63) is 53.1 Å². The van der Waals surface area contributed by atoms with Gasteiger partial charge >= 0.3 is 0 Å². The maximum atomic E-state index is 12.5. The Morgan fingerprint density at radius 3 is 2.71 bits per heavy atom. The molecule has 1 fully saturated rings. The fourth-order valence-electron chi connectivity index (χ4n) is 2.90. The number of morpholine rings is 1. The van der Waals surface area contributed by atoms with Crippen molar-refractivity contribution in [3.63, 3.8) is 0 Å². The molecule has 2 aromatic carbocycles. The van der Waals surface area contributed by atoms with Gasteiger partial charge in [0, 0.05) is 18.7 Å². The third-order valence-corrected chi connectivity index (χ3v) is 4.72. The Morgan fingerprint density at radius 2 is 2.00 bits per heavy atom. The summed E-state index contributed by atoms with van der Waals surface area (Å²) in [6.07, 6.45) is 0. The number of nitrogens with one attached hydrogen (secondary N) is 2. The molecule has 0 radical (unpaired) electrons. The summed E-state index contributed by atoms with van der Waals surface area (Å²) in [6, 6.07) is 12.7. The zero-order valence-corrected chi connectivity index (χ0v) is 17.1. The molecule has 0 bridgehead atoms. The topological polar surface area (TPSA) is 62.8 Å². The van der Waals surface area contributed by atoms with Gasteiger partial charge in [-0.3, -0.25) is 10.1 Å². The van der Waals surface area contributed by atoms with Crippen molar-refractivity contribution in [1.82, 2.24) is 5.32 Å². The van der Waals surface area contributed by atoms with Crippen molar-refractivity contribution in [2.24, 2.45) is 0 Å². The number of thiocarbonyl (C=S) groups is 1. The van der Waals surface area contributed by atoms with Gasteiger partial charge in [0.2, 0.25) is 0 Å². The summed E-state index contributed by atoms with van der Waals surface area (Å²) in [5, 5.41) is 6.41. The number of ether oxygens (including phenoxy) is 2. The Bertz CT molecular complexity index is 856. The molecule has 3 rings (SSSR count). The van der Waals surface area contributed by atoms with Crippen molar-refractivity contribution >= 4 is 46.2 Å². The fraction of sp³-hybridized carbons (Fsp3) is 0.300. The van der Waals surface area contributed by atoms with Crippen LogP contribution in [0.1, 0.15) is 17.3 Å². The van der Waals surface area contributed by atoms with Gasteiger partial charge in [-0.2, -0.15) is 0 Å². The summed E-state index contributed by atoms with van der Waals surface area (Å²) >= 11 is 11.5. The molecule has 0 saturated carbocycles. The lowest BCUT2D eigenvalue weighted by molar-refractivity contribution is 0.0977. The minimum Gasteiger partial charge on any atom is -0.492 e. The van der Waals surface area contributed by atoms with Crippen LogP contribution in [0.15, 0.2) is 42.5 Å². The standard InChI is InChI=1S/C20H22ClN3O3S/c1-2-27-18-8-7-14(13-15(18)21)19(25)23-20(28)22-16-5-3-4-6-17(16)24-9-11-26-12-10-24/h3-8,13H,2,9-12H2,1H3,(H2,22,23,25,28). The summed E-state index contributed by atoms with van der Waals surface area (Å²) < 4.78 is 10.8. The molecule has 1 heterocycles. The second-order valence-electron chi connectivity index (χ2n) is 6.10. The molecule has 6 nitrogen and oxygen atoms in total. The number of para-hydroxylation sites is 2. The Labute approximate surface area is 174 Å². The molecule has 0 spiro atoms. The smallest absolute Gasteiger partial charge is 0.257 e. The molecule has 0 aliphatic carbocycles.